The van der Waals surface area contributed by atoms with Gasteiger partial charge in [0.15, 0.2) is 5.78 Å². The molecule has 0 saturated heterocycles. The first-order valence-corrected chi connectivity index (χ1v) is 13.6. The SMILES string of the molecule is COc1ccc(CN(CCC2(c3cc(Br)ccc3[N+](=O)[O-])Nc3c(Br)cc(Br)cc3C2=O)C(C)=O)cc1. The van der Waals surface area contributed by atoms with E-state index < -0.39 is 10.5 Å². The van der Waals surface area contributed by atoms with Crippen molar-refractivity contribution in [2.45, 2.75) is 25.4 Å². The minimum Gasteiger partial charge on any atom is -0.497 e. The largest absolute Gasteiger partial charge is 0.497 e. The molecule has 0 radical (unpaired) electrons. The van der Waals surface area contributed by atoms with Crippen molar-refractivity contribution in [1.29, 1.82) is 0 Å². The molecule has 4 rings (SSSR count). The Morgan fingerprint density at radius 3 is 2.41 bits per heavy atom. The number of amides is 1. The van der Waals surface area contributed by atoms with Gasteiger partial charge in [-0.2, -0.15) is 0 Å². The average Bonchev–Trinajstić information content (AvgIpc) is 3.14. The molecule has 3 aromatic carbocycles. The molecule has 1 amide bonds. The second-order valence-electron chi connectivity index (χ2n) is 8.63. The highest BCUT2D eigenvalue weighted by molar-refractivity contribution is 9.11. The number of hydrogen-bond donors (Lipinski definition) is 1. The first kappa shape index (κ1) is 27.3. The molecule has 1 heterocycles. The van der Waals surface area contributed by atoms with Crippen molar-refractivity contribution in [3.05, 3.63) is 94.8 Å². The van der Waals surface area contributed by atoms with Gasteiger partial charge in [-0.1, -0.05) is 44.0 Å². The molecule has 0 saturated carbocycles. The summed E-state index contributed by atoms with van der Waals surface area (Å²) >= 11 is 10.3. The number of benzene rings is 3. The zero-order valence-electron chi connectivity index (χ0n) is 19.9. The monoisotopic (exact) mass is 693 g/mol. The van der Waals surface area contributed by atoms with E-state index in [0.717, 1.165) is 5.56 Å². The Hall–Kier alpha value is -2.76. The van der Waals surface area contributed by atoms with E-state index >= 15 is 0 Å². The third kappa shape index (κ3) is 5.44. The maximum atomic E-state index is 14.1. The molecule has 0 aliphatic carbocycles. The molecule has 192 valence electrons. The minimum atomic E-state index is -1.47. The van der Waals surface area contributed by atoms with Crippen molar-refractivity contribution in [1.82, 2.24) is 4.90 Å². The number of carbonyl (C=O) groups is 2. The summed E-state index contributed by atoms with van der Waals surface area (Å²) in [5.74, 6) is 0.217. The summed E-state index contributed by atoms with van der Waals surface area (Å²) in [4.78, 5) is 39.8. The van der Waals surface area contributed by atoms with Gasteiger partial charge in [0.2, 0.25) is 5.91 Å². The Bertz CT molecular complexity index is 1400. The fourth-order valence-electron chi connectivity index (χ4n) is 4.49. The lowest BCUT2D eigenvalue weighted by Gasteiger charge is -2.32. The Balaban J connectivity index is 1.76. The Labute approximate surface area is 238 Å². The number of nitro groups is 1. The molecule has 1 atom stereocenters. The summed E-state index contributed by atoms with van der Waals surface area (Å²) in [6.07, 6.45) is 0.109. The molecular formula is C26H22Br3N3O5. The van der Waals surface area contributed by atoms with Gasteiger partial charge in [-0.05, 0) is 57.9 Å². The minimum absolute atomic E-state index is 0.109. The summed E-state index contributed by atoms with van der Waals surface area (Å²) in [5.41, 5.74) is 0.414. The molecule has 0 aromatic heterocycles. The van der Waals surface area contributed by atoms with Crippen molar-refractivity contribution in [2.24, 2.45) is 0 Å². The highest BCUT2D eigenvalue weighted by atomic mass is 79.9. The maximum absolute atomic E-state index is 14.1. The van der Waals surface area contributed by atoms with E-state index in [1.807, 2.05) is 24.3 Å². The maximum Gasteiger partial charge on any atom is 0.275 e. The highest BCUT2D eigenvalue weighted by Crippen LogP contribution is 2.48. The normalized spacial score (nSPS) is 16.2. The predicted octanol–water partition coefficient (Wildman–Crippen LogP) is 6.83. The molecular weight excluding hydrogens is 674 g/mol. The van der Waals surface area contributed by atoms with Crippen LogP contribution in [0.1, 0.15) is 34.8 Å². The van der Waals surface area contributed by atoms with Crippen molar-refractivity contribution < 1.29 is 19.2 Å². The van der Waals surface area contributed by atoms with E-state index in [1.54, 1.807) is 36.3 Å². The van der Waals surface area contributed by atoms with Gasteiger partial charge in [0.25, 0.3) is 5.69 Å². The van der Waals surface area contributed by atoms with E-state index in [1.165, 1.54) is 13.0 Å². The Morgan fingerprint density at radius 1 is 1.08 bits per heavy atom. The number of halogens is 3. The van der Waals surface area contributed by atoms with E-state index in [4.69, 9.17) is 4.74 Å². The van der Waals surface area contributed by atoms with Crippen molar-refractivity contribution in [2.75, 3.05) is 19.0 Å². The number of ketones is 1. The summed E-state index contributed by atoms with van der Waals surface area (Å²) in [7, 11) is 1.58. The van der Waals surface area contributed by atoms with E-state index in [0.29, 0.717) is 37.0 Å². The molecule has 11 heteroatoms. The molecule has 1 aliphatic heterocycles. The average molecular weight is 696 g/mol. The predicted molar refractivity (Wildman–Crippen MR) is 151 cm³/mol. The second kappa shape index (κ2) is 10.9. The molecule has 1 N–H and O–H groups in total. The van der Waals surface area contributed by atoms with Crippen LogP contribution in [0.25, 0.3) is 0 Å². The van der Waals surface area contributed by atoms with Crippen LogP contribution < -0.4 is 10.1 Å². The van der Waals surface area contributed by atoms with Crippen molar-refractivity contribution in [3.8, 4) is 5.75 Å². The molecule has 8 nitrogen and oxygen atoms in total. The summed E-state index contributed by atoms with van der Waals surface area (Å²) < 4.78 is 7.14. The van der Waals surface area contributed by atoms with Gasteiger partial charge in [-0.25, -0.2) is 0 Å². The number of rotatable bonds is 8. The quantitative estimate of drug-likeness (QED) is 0.205. The van der Waals surface area contributed by atoms with Crippen LogP contribution in [0.4, 0.5) is 11.4 Å². The fourth-order valence-corrected chi connectivity index (χ4v) is 6.18. The lowest BCUT2D eigenvalue weighted by atomic mass is 9.81. The van der Waals surface area contributed by atoms with Crippen LogP contribution in [-0.4, -0.2) is 35.2 Å². The summed E-state index contributed by atoms with van der Waals surface area (Å²) in [6, 6.07) is 15.4. The number of anilines is 1. The van der Waals surface area contributed by atoms with Crippen LogP contribution >= 0.6 is 47.8 Å². The topological polar surface area (TPSA) is 102 Å². The first-order chi connectivity index (χ1) is 17.6. The van der Waals surface area contributed by atoms with Gasteiger partial charge in [0.1, 0.15) is 11.3 Å². The lowest BCUT2D eigenvalue weighted by Crippen LogP contribution is -2.43. The molecule has 0 spiro atoms. The van der Waals surface area contributed by atoms with Gasteiger partial charge in [0.05, 0.1) is 23.3 Å². The van der Waals surface area contributed by atoms with Gasteiger partial charge >= 0.3 is 0 Å². The van der Waals surface area contributed by atoms with Gasteiger partial charge in [-0.15, -0.1) is 0 Å². The van der Waals surface area contributed by atoms with Crippen LogP contribution in [0.3, 0.4) is 0 Å². The van der Waals surface area contributed by atoms with Gasteiger partial charge < -0.3 is 15.0 Å². The van der Waals surface area contributed by atoms with Crippen LogP contribution in [0.2, 0.25) is 0 Å². The molecule has 0 bridgehead atoms. The van der Waals surface area contributed by atoms with Crippen molar-refractivity contribution in [3.63, 3.8) is 0 Å². The number of carbonyl (C=O) groups excluding carboxylic acids is 2. The highest BCUT2D eigenvalue weighted by Gasteiger charge is 2.50. The van der Waals surface area contributed by atoms with Crippen LogP contribution in [0.15, 0.2) is 68.0 Å². The van der Waals surface area contributed by atoms with Gasteiger partial charge in [-0.3, -0.25) is 19.7 Å². The van der Waals surface area contributed by atoms with Crippen LogP contribution in [0.5, 0.6) is 5.75 Å². The third-order valence-corrected chi connectivity index (χ3v) is 7.95. The molecule has 1 unspecified atom stereocenters. The molecule has 3 aromatic rings. The number of nitrogens with zero attached hydrogens (tertiary/aromatic N) is 2. The fraction of sp³-hybridized carbons (Fsp3) is 0.231. The third-order valence-electron chi connectivity index (χ3n) is 6.38. The Kier molecular flexibility index (Phi) is 8.05. The number of Topliss-reactive ketones (excluding diaryl/α,β-unsaturated/α-hetero) is 1. The standard InChI is InChI=1S/C26H22Br3N3O5/c1-15(33)31(14-16-3-6-19(37-2)7-4-16)10-9-26(21-12-17(27)5-8-23(21)32(35)36)25(34)20-11-18(28)13-22(29)24(20)30-26/h3-8,11-13,30H,9-10,14H2,1-2H3. The molecule has 1 aliphatic rings. The second-order valence-corrected chi connectivity index (χ2v) is 11.3. The zero-order chi connectivity index (χ0) is 26.9. The van der Waals surface area contributed by atoms with Gasteiger partial charge in [0, 0.05) is 51.5 Å². The smallest absolute Gasteiger partial charge is 0.275 e. The lowest BCUT2D eigenvalue weighted by molar-refractivity contribution is -0.385. The zero-order valence-corrected chi connectivity index (χ0v) is 24.6. The molecule has 0 fully saturated rings. The summed E-state index contributed by atoms with van der Waals surface area (Å²) in [6.45, 7) is 1.95. The first-order valence-electron chi connectivity index (χ1n) is 11.2. The van der Waals surface area contributed by atoms with E-state index in [2.05, 4.69) is 53.1 Å². The van der Waals surface area contributed by atoms with Crippen LogP contribution in [0, 0.1) is 10.1 Å². The molecule has 37 heavy (non-hydrogen) atoms. The van der Waals surface area contributed by atoms with E-state index in [-0.39, 0.29) is 35.9 Å². The van der Waals surface area contributed by atoms with E-state index in [9.17, 15) is 19.7 Å². The Morgan fingerprint density at radius 2 is 1.78 bits per heavy atom. The number of hydrogen-bond acceptors (Lipinski definition) is 6. The number of nitrogens with one attached hydrogen (secondary N) is 1. The summed E-state index contributed by atoms with van der Waals surface area (Å²) in [5, 5.41) is 15.3. The number of fused-ring (bicyclic) bond motifs is 1. The van der Waals surface area contributed by atoms with Crippen LogP contribution in [-0.2, 0) is 16.9 Å². The number of ether oxygens (including phenoxy) is 1. The number of methoxy groups -OCH3 is 1. The van der Waals surface area contributed by atoms with Crippen molar-refractivity contribution >= 4 is 70.9 Å². The number of nitro benzene ring substituents is 1.